The van der Waals surface area contributed by atoms with E-state index in [9.17, 15) is 0 Å². The Morgan fingerprint density at radius 2 is 1.05 bits per heavy atom. The van der Waals surface area contributed by atoms with Gasteiger partial charge in [-0.1, -0.05) is 98.3 Å². The molecule has 0 amide bonds. The number of nitrogens with two attached hydrogens (primary N) is 1. The lowest BCUT2D eigenvalue weighted by atomic mass is 9.82. The van der Waals surface area contributed by atoms with Gasteiger partial charge in [0.25, 0.3) is 0 Å². The monoisotopic (exact) mass is 519 g/mol. The molecule has 0 aliphatic heterocycles. The summed E-state index contributed by atoms with van der Waals surface area (Å²) < 4.78 is 0. The summed E-state index contributed by atoms with van der Waals surface area (Å²) in [6.07, 6.45) is 0. The molecular weight excluding hydrogens is 474 g/mol. The molecule has 0 radical (unpaired) electrons. The van der Waals surface area contributed by atoms with E-state index in [4.69, 9.17) is 5.73 Å². The first kappa shape index (κ1) is 28.4. The number of anilines is 2. The number of nitrogens with zero attached hydrogens (tertiary/aromatic N) is 2. The molecule has 2 atom stereocenters. The van der Waals surface area contributed by atoms with Crippen LogP contribution in [0.25, 0.3) is 0 Å². The molecule has 4 aromatic carbocycles. The molecule has 3 heteroatoms. The standard InChI is InChI=1S/C36H45N3/c1-26(2)34(28-12-10-9-11-13-28)29-16-18-31(19-17-29)36(6,37)39(8)33-24-20-30(21-25-33)35(4,5)38(7)32-22-14-27(3)15-23-32/h9-26,34H,37H2,1-8H3. The number of hydrogen-bond donors (Lipinski definition) is 1. The highest BCUT2D eigenvalue weighted by atomic mass is 15.2. The second-order valence-corrected chi connectivity index (χ2v) is 12.0. The number of rotatable bonds is 9. The normalized spacial score (nSPS) is 14.1. The van der Waals surface area contributed by atoms with Crippen molar-refractivity contribution in [3.05, 3.63) is 131 Å². The predicted molar refractivity (Wildman–Crippen MR) is 169 cm³/mol. The van der Waals surface area contributed by atoms with Crippen molar-refractivity contribution in [2.75, 3.05) is 23.9 Å². The second kappa shape index (κ2) is 11.3. The maximum atomic E-state index is 6.99. The third-order valence-corrected chi connectivity index (χ3v) is 8.60. The van der Waals surface area contributed by atoms with Gasteiger partial charge in [-0.2, -0.15) is 0 Å². The first-order chi connectivity index (χ1) is 18.4. The third-order valence-electron chi connectivity index (χ3n) is 8.60. The highest BCUT2D eigenvalue weighted by molar-refractivity contribution is 5.55. The van der Waals surface area contributed by atoms with Crippen LogP contribution in [0.4, 0.5) is 11.4 Å². The minimum absolute atomic E-state index is 0.167. The van der Waals surface area contributed by atoms with Gasteiger partial charge in [0, 0.05) is 31.4 Å². The van der Waals surface area contributed by atoms with Gasteiger partial charge in [0.05, 0.1) is 5.54 Å². The van der Waals surface area contributed by atoms with Crippen molar-refractivity contribution in [1.29, 1.82) is 0 Å². The Kier molecular flexibility index (Phi) is 8.23. The van der Waals surface area contributed by atoms with Crippen LogP contribution in [0.2, 0.25) is 0 Å². The molecule has 4 rings (SSSR count). The molecule has 0 spiro atoms. The van der Waals surface area contributed by atoms with Gasteiger partial charge < -0.3 is 15.5 Å². The fraction of sp³-hybridized carbons (Fsp3) is 0.333. The number of benzene rings is 4. The summed E-state index contributed by atoms with van der Waals surface area (Å²) in [7, 11) is 4.24. The molecule has 0 saturated heterocycles. The fourth-order valence-electron chi connectivity index (χ4n) is 5.49. The van der Waals surface area contributed by atoms with Gasteiger partial charge >= 0.3 is 0 Å². The molecule has 4 aromatic rings. The minimum atomic E-state index is -0.658. The SMILES string of the molecule is Cc1ccc(N(C)C(C)(C)c2ccc(N(C)C(C)(N)c3ccc(C(c4ccccc4)C(C)C)cc3)cc2)cc1. The summed E-state index contributed by atoms with van der Waals surface area (Å²) in [5.41, 5.74) is 14.7. The fourth-order valence-corrected chi connectivity index (χ4v) is 5.49. The molecule has 0 bridgehead atoms. The summed E-state index contributed by atoms with van der Waals surface area (Å²) >= 11 is 0. The molecule has 0 heterocycles. The van der Waals surface area contributed by atoms with Crippen LogP contribution in [-0.2, 0) is 11.2 Å². The van der Waals surface area contributed by atoms with Crippen LogP contribution in [0.1, 0.15) is 68.4 Å². The van der Waals surface area contributed by atoms with Crippen LogP contribution in [0.5, 0.6) is 0 Å². The van der Waals surface area contributed by atoms with E-state index in [1.165, 1.54) is 27.9 Å². The lowest BCUT2D eigenvalue weighted by Gasteiger charge is -2.40. The first-order valence-corrected chi connectivity index (χ1v) is 14.0. The summed E-state index contributed by atoms with van der Waals surface area (Å²) in [6, 6.07) is 37.2. The van der Waals surface area contributed by atoms with Crippen LogP contribution in [0.3, 0.4) is 0 Å². The average Bonchev–Trinajstić information content (AvgIpc) is 2.93. The van der Waals surface area contributed by atoms with Crippen molar-refractivity contribution in [2.24, 2.45) is 11.7 Å². The second-order valence-electron chi connectivity index (χ2n) is 12.0. The molecule has 0 aliphatic rings. The zero-order valence-corrected chi connectivity index (χ0v) is 24.9. The van der Waals surface area contributed by atoms with Crippen LogP contribution in [-0.4, -0.2) is 14.1 Å². The Bertz CT molecular complexity index is 1340. The maximum Gasteiger partial charge on any atom is 0.111 e. The van der Waals surface area contributed by atoms with E-state index in [0.717, 1.165) is 11.3 Å². The van der Waals surface area contributed by atoms with Crippen molar-refractivity contribution < 1.29 is 0 Å². The van der Waals surface area contributed by atoms with E-state index in [0.29, 0.717) is 11.8 Å². The quantitative estimate of drug-likeness (QED) is 0.225. The van der Waals surface area contributed by atoms with E-state index in [1.54, 1.807) is 0 Å². The van der Waals surface area contributed by atoms with E-state index in [2.05, 4.69) is 169 Å². The number of hydrogen-bond acceptors (Lipinski definition) is 3. The zero-order valence-electron chi connectivity index (χ0n) is 24.9. The number of aryl methyl sites for hydroxylation is 1. The van der Waals surface area contributed by atoms with Gasteiger partial charge in [-0.3, -0.25) is 0 Å². The Morgan fingerprint density at radius 1 is 0.590 bits per heavy atom. The van der Waals surface area contributed by atoms with Crippen LogP contribution in [0.15, 0.2) is 103 Å². The van der Waals surface area contributed by atoms with Gasteiger partial charge in [0.1, 0.15) is 5.66 Å². The Morgan fingerprint density at radius 3 is 1.59 bits per heavy atom. The first-order valence-electron chi connectivity index (χ1n) is 14.0. The van der Waals surface area contributed by atoms with E-state index >= 15 is 0 Å². The van der Waals surface area contributed by atoms with E-state index in [-0.39, 0.29) is 5.54 Å². The Labute approximate surface area is 236 Å². The van der Waals surface area contributed by atoms with Gasteiger partial charge in [-0.15, -0.1) is 0 Å². The van der Waals surface area contributed by atoms with Crippen molar-refractivity contribution in [1.82, 2.24) is 0 Å². The van der Waals surface area contributed by atoms with Gasteiger partial charge in [-0.25, -0.2) is 0 Å². The topological polar surface area (TPSA) is 32.5 Å². The molecule has 2 unspecified atom stereocenters. The summed E-state index contributed by atoms with van der Waals surface area (Å²) in [5.74, 6) is 0.856. The van der Waals surface area contributed by atoms with E-state index in [1.807, 2.05) is 0 Å². The Hall–Kier alpha value is -3.56. The van der Waals surface area contributed by atoms with Crippen molar-refractivity contribution in [3.63, 3.8) is 0 Å². The largest absolute Gasteiger partial charge is 0.365 e. The molecule has 0 aromatic heterocycles. The maximum absolute atomic E-state index is 6.99. The molecule has 39 heavy (non-hydrogen) atoms. The molecule has 2 N–H and O–H groups in total. The predicted octanol–water partition coefficient (Wildman–Crippen LogP) is 8.42. The van der Waals surface area contributed by atoms with Gasteiger partial charge in [-0.05, 0) is 80.1 Å². The lowest BCUT2D eigenvalue weighted by molar-refractivity contribution is 0.483. The minimum Gasteiger partial charge on any atom is -0.365 e. The molecule has 204 valence electrons. The lowest BCUT2D eigenvalue weighted by Crippen LogP contribution is -2.49. The highest BCUT2D eigenvalue weighted by Crippen LogP contribution is 2.36. The molecule has 0 aliphatic carbocycles. The van der Waals surface area contributed by atoms with Crippen molar-refractivity contribution >= 4 is 11.4 Å². The zero-order chi connectivity index (χ0) is 28.4. The summed E-state index contributed by atoms with van der Waals surface area (Å²) in [5, 5.41) is 0. The summed E-state index contributed by atoms with van der Waals surface area (Å²) in [4.78, 5) is 4.50. The van der Waals surface area contributed by atoms with Crippen molar-refractivity contribution in [2.45, 2.75) is 58.7 Å². The van der Waals surface area contributed by atoms with Crippen LogP contribution < -0.4 is 15.5 Å². The molecule has 0 saturated carbocycles. The van der Waals surface area contributed by atoms with Crippen LogP contribution >= 0.6 is 0 Å². The molecule has 0 fully saturated rings. The smallest absolute Gasteiger partial charge is 0.111 e. The van der Waals surface area contributed by atoms with Crippen LogP contribution in [0, 0.1) is 12.8 Å². The highest BCUT2D eigenvalue weighted by Gasteiger charge is 2.30. The summed E-state index contributed by atoms with van der Waals surface area (Å²) in [6.45, 7) is 13.3. The third kappa shape index (κ3) is 5.89. The average molecular weight is 520 g/mol. The van der Waals surface area contributed by atoms with Gasteiger partial charge in [0.2, 0.25) is 0 Å². The molecule has 3 nitrogen and oxygen atoms in total. The van der Waals surface area contributed by atoms with E-state index < -0.39 is 5.66 Å². The Balaban J connectivity index is 1.54. The van der Waals surface area contributed by atoms with Crippen molar-refractivity contribution in [3.8, 4) is 0 Å². The molecular formula is C36H45N3. The van der Waals surface area contributed by atoms with Gasteiger partial charge in [0.15, 0.2) is 0 Å².